The number of hydrogen-bond donors (Lipinski definition) is 2. The van der Waals surface area contributed by atoms with Crippen LogP contribution in [0.4, 0.5) is 4.79 Å². The lowest BCUT2D eigenvalue weighted by molar-refractivity contribution is 0.0255. The number of nitrogens with one attached hydrogen (secondary N) is 2. The second-order valence-corrected chi connectivity index (χ2v) is 7.71. The fourth-order valence-electron chi connectivity index (χ4n) is 4.47. The van der Waals surface area contributed by atoms with Gasteiger partial charge in [-0.05, 0) is 39.5 Å². The molecule has 0 spiro atoms. The molecule has 3 rings (SSSR count). The van der Waals surface area contributed by atoms with Crippen molar-refractivity contribution in [1.29, 1.82) is 0 Å². The van der Waals surface area contributed by atoms with Gasteiger partial charge in [0.05, 0.1) is 12.2 Å². The molecular formula is C18H33N3O2. The maximum absolute atomic E-state index is 12.0. The van der Waals surface area contributed by atoms with E-state index in [1.54, 1.807) is 0 Å². The quantitative estimate of drug-likeness (QED) is 0.817. The van der Waals surface area contributed by atoms with E-state index >= 15 is 0 Å². The predicted molar refractivity (Wildman–Crippen MR) is 91.5 cm³/mol. The van der Waals surface area contributed by atoms with Crippen molar-refractivity contribution in [3.8, 4) is 0 Å². The topological polar surface area (TPSA) is 53.6 Å². The third-order valence-electron chi connectivity index (χ3n) is 6.00. The molecule has 2 aliphatic heterocycles. The van der Waals surface area contributed by atoms with E-state index < -0.39 is 0 Å². The highest BCUT2D eigenvalue weighted by Crippen LogP contribution is 2.29. The van der Waals surface area contributed by atoms with Crippen molar-refractivity contribution in [2.75, 3.05) is 19.6 Å². The van der Waals surface area contributed by atoms with Gasteiger partial charge in [-0.3, -0.25) is 4.90 Å². The summed E-state index contributed by atoms with van der Waals surface area (Å²) < 4.78 is 5.73. The Balaban J connectivity index is 1.33. The number of carbonyl (C=O) groups is 1. The first-order valence-electron chi connectivity index (χ1n) is 9.56. The van der Waals surface area contributed by atoms with Crippen LogP contribution in [-0.2, 0) is 4.74 Å². The number of rotatable bonds is 5. The minimum absolute atomic E-state index is 0.0211. The van der Waals surface area contributed by atoms with Crippen molar-refractivity contribution in [3.63, 3.8) is 0 Å². The molecule has 3 fully saturated rings. The van der Waals surface area contributed by atoms with Gasteiger partial charge in [0.15, 0.2) is 0 Å². The molecule has 0 aromatic heterocycles. The molecule has 4 unspecified atom stereocenters. The summed E-state index contributed by atoms with van der Waals surface area (Å²) in [6.07, 6.45) is 9.68. The maximum atomic E-state index is 12.0. The van der Waals surface area contributed by atoms with Gasteiger partial charge >= 0.3 is 6.03 Å². The number of ether oxygens (including phenoxy) is 1. The van der Waals surface area contributed by atoms with Crippen molar-refractivity contribution in [2.45, 2.75) is 83.1 Å². The maximum Gasteiger partial charge on any atom is 0.314 e. The molecule has 0 radical (unpaired) electrons. The average molecular weight is 323 g/mol. The zero-order valence-corrected chi connectivity index (χ0v) is 14.7. The summed E-state index contributed by atoms with van der Waals surface area (Å²) in [5, 5.41) is 6.10. The molecule has 5 heteroatoms. The van der Waals surface area contributed by atoms with Gasteiger partial charge in [-0.2, -0.15) is 0 Å². The molecule has 2 amide bonds. The number of amides is 2. The number of likely N-dealkylation sites (tertiary alicyclic amines) is 1. The lowest BCUT2D eigenvalue weighted by atomic mass is 9.89. The second-order valence-electron chi connectivity index (χ2n) is 7.71. The Hall–Kier alpha value is -0.810. The molecule has 4 atom stereocenters. The molecule has 2 N–H and O–H groups in total. The van der Waals surface area contributed by atoms with Gasteiger partial charge in [0.2, 0.25) is 0 Å². The summed E-state index contributed by atoms with van der Waals surface area (Å²) in [6, 6.07) is 1.30. The molecule has 2 saturated heterocycles. The molecular weight excluding hydrogens is 290 g/mol. The highest BCUT2D eigenvalue weighted by atomic mass is 16.5. The number of carbonyl (C=O) groups excluding carboxylic acids is 1. The van der Waals surface area contributed by atoms with Crippen LogP contribution in [0.3, 0.4) is 0 Å². The van der Waals surface area contributed by atoms with Crippen LogP contribution in [0.2, 0.25) is 0 Å². The van der Waals surface area contributed by atoms with Crippen molar-refractivity contribution in [3.05, 3.63) is 0 Å². The lowest BCUT2D eigenvalue weighted by Crippen LogP contribution is -2.58. The fourth-order valence-corrected chi connectivity index (χ4v) is 4.47. The van der Waals surface area contributed by atoms with Crippen LogP contribution in [0, 0.1) is 5.92 Å². The SMILES string of the molecule is CC1CC(CNC(=O)NCC2CCN2C2CCCCC2)C(C)O1. The highest BCUT2D eigenvalue weighted by molar-refractivity contribution is 5.73. The predicted octanol–water partition coefficient (Wildman–Crippen LogP) is 2.51. The van der Waals surface area contributed by atoms with E-state index in [0.29, 0.717) is 24.6 Å². The van der Waals surface area contributed by atoms with Crippen LogP contribution in [0.15, 0.2) is 0 Å². The lowest BCUT2D eigenvalue weighted by Gasteiger charge is -2.47. The van der Waals surface area contributed by atoms with E-state index in [2.05, 4.69) is 29.4 Å². The zero-order valence-electron chi connectivity index (χ0n) is 14.7. The van der Waals surface area contributed by atoms with Crippen molar-refractivity contribution >= 4 is 6.03 Å². The number of hydrogen-bond acceptors (Lipinski definition) is 3. The highest BCUT2D eigenvalue weighted by Gasteiger charge is 2.34. The van der Waals surface area contributed by atoms with E-state index in [1.165, 1.54) is 45.1 Å². The van der Waals surface area contributed by atoms with Gasteiger partial charge in [0.1, 0.15) is 0 Å². The van der Waals surface area contributed by atoms with Crippen LogP contribution < -0.4 is 10.6 Å². The number of urea groups is 1. The van der Waals surface area contributed by atoms with Crippen LogP contribution in [0.1, 0.15) is 58.8 Å². The first kappa shape index (κ1) is 17.0. The largest absolute Gasteiger partial charge is 0.375 e. The normalized spacial score (nSPS) is 35.7. The average Bonchev–Trinajstić information content (AvgIpc) is 2.83. The Morgan fingerprint density at radius 3 is 2.43 bits per heavy atom. The minimum atomic E-state index is -0.0211. The summed E-state index contributed by atoms with van der Waals surface area (Å²) in [5.74, 6) is 0.443. The summed E-state index contributed by atoms with van der Waals surface area (Å²) >= 11 is 0. The van der Waals surface area contributed by atoms with Crippen molar-refractivity contribution < 1.29 is 9.53 Å². The third kappa shape index (κ3) is 4.38. The monoisotopic (exact) mass is 323 g/mol. The van der Waals surface area contributed by atoms with E-state index in [1.807, 2.05) is 0 Å². The molecule has 1 aliphatic carbocycles. The smallest absolute Gasteiger partial charge is 0.314 e. The van der Waals surface area contributed by atoms with E-state index in [0.717, 1.165) is 19.0 Å². The van der Waals surface area contributed by atoms with Crippen molar-refractivity contribution in [2.24, 2.45) is 5.92 Å². The molecule has 132 valence electrons. The van der Waals surface area contributed by atoms with Crippen LogP contribution in [0.5, 0.6) is 0 Å². The zero-order chi connectivity index (χ0) is 16.2. The van der Waals surface area contributed by atoms with Gasteiger partial charge in [-0.25, -0.2) is 4.79 Å². The van der Waals surface area contributed by atoms with Gasteiger partial charge < -0.3 is 15.4 Å². The Kier molecular flexibility index (Phi) is 5.81. The van der Waals surface area contributed by atoms with Gasteiger partial charge in [0.25, 0.3) is 0 Å². The van der Waals surface area contributed by atoms with E-state index in [9.17, 15) is 4.79 Å². The summed E-state index contributed by atoms with van der Waals surface area (Å²) in [6.45, 7) is 6.93. The second kappa shape index (κ2) is 7.84. The van der Waals surface area contributed by atoms with Crippen molar-refractivity contribution in [1.82, 2.24) is 15.5 Å². The molecule has 3 aliphatic rings. The summed E-state index contributed by atoms with van der Waals surface area (Å²) in [5.41, 5.74) is 0. The first-order chi connectivity index (χ1) is 11.1. The molecule has 1 saturated carbocycles. The summed E-state index contributed by atoms with van der Waals surface area (Å²) in [4.78, 5) is 14.7. The Labute approximate surface area is 140 Å². The molecule has 23 heavy (non-hydrogen) atoms. The van der Waals surface area contributed by atoms with E-state index in [4.69, 9.17) is 4.74 Å². The Morgan fingerprint density at radius 2 is 1.83 bits per heavy atom. The Bertz CT molecular complexity index is 398. The van der Waals surface area contributed by atoms with Gasteiger partial charge in [-0.1, -0.05) is 19.3 Å². The summed E-state index contributed by atoms with van der Waals surface area (Å²) in [7, 11) is 0. The molecule has 0 bridgehead atoms. The standard InChI is InChI=1S/C18H33N3O2/c1-13-10-15(14(2)23-13)11-19-18(22)20-12-17-8-9-21(17)16-6-4-3-5-7-16/h13-17H,3-12H2,1-2H3,(H2,19,20,22). The van der Waals surface area contributed by atoms with Gasteiger partial charge in [0, 0.05) is 37.6 Å². The van der Waals surface area contributed by atoms with Gasteiger partial charge in [-0.15, -0.1) is 0 Å². The third-order valence-corrected chi connectivity index (χ3v) is 6.00. The minimum Gasteiger partial charge on any atom is -0.375 e. The van der Waals surface area contributed by atoms with Crippen LogP contribution in [0.25, 0.3) is 0 Å². The Morgan fingerprint density at radius 1 is 1.09 bits per heavy atom. The molecule has 0 aromatic carbocycles. The first-order valence-corrected chi connectivity index (χ1v) is 9.56. The fraction of sp³-hybridized carbons (Fsp3) is 0.944. The molecule has 5 nitrogen and oxygen atoms in total. The number of nitrogens with zero attached hydrogens (tertiary/aromatic N) is 1. The van der Waals surface area contributed by atoms with E-state index in [-0.39, 0.29) is 12.1 Å². The van der Waals surface area contributed by atoms with Crippen LogP contribution >= 0.6 is 0 Å². The van der Waals surface area contributed by atoms with Crippen LogP contribution in [-0.4, -0.2) is 54.9 Å². The molecule has 0 aromatic rings. The molecule has 2 heterocycles.